The lowest BCUT2D eigenvalue weighted by atomic mass is 10.2. The van der Waals surface area contributed by atoms with E-state index in [0.29, 0.717) is 16.7 Å². The first-order valence-corrected chi connectivity index (χ1v) is 6.26. The van der Waals surface area contributed by atoms with Crippen LogP contribution in [0.4, 0.5) is 4.39 Å². The summed E-state index contributed by atoms with van der Waals surface area (Å²) < 4.78 is 13.0. The quantitative estimate of drug-likeness (QED) is 0.840. The minimum Gasteiger partial charge on any atom is -0.384 e. The second kappa shape index (κ2) is 7.17. The number of amides is 1. The average molecular weight is 284 g/mol. The van der Waals surface area contributed by atoms with Crippen LogP contribution in [-0.4, -0.2) is 22.6 Å². The summed E-state index contributed by atoms with van der Waals surface area (Å²) in [7, 11) is 0. The SMILES string of the molecule is O=C(NCc1cccc(F)c1)c1cncc(C#CCO)c1. The van der Waals surface area contributed by atoms with Gasteiger partial charge in [-0.3, -0.25) is 9.78 Å². The zero-order chi connectivity index (χ0) is 15.1. The normalized spacial score (nSPS) is 9.62. The van der Waals surface area contributed by atoms with Gasteiger partial charge >= 0.3 is 0 Å². The monoisotopic (exact) mass is 284 g/mol. The van der Waals surface area contributed by atoms with Gasteiger partial charge in [-0.15, -0.1) is 0 Å². The molecule has 0 bridgehead atoms. The van der Waals surface area contributed by atoms with Gasteiger partial charge in [-0.2, -0.15) is 0 Å². The van der Waals surface area contributed by atoms with Gasteiger partial charge in [-0.1, -0.05) is 24.0 Å². The Balaban J connectivity index is 2.03. The Morgan fingerprint density at radius 2 is 2.19 bits per heavy atom. The van der Waals surface area contributed by atoms with Crippen molar-refractivity contribution >= 4 is 5.91 Å². The highest BCUT2D eigenvalue weighted by Crippen LogP contribution is 2.05. The van der Waals surface area contributed by atoms with Crippen LogP contribution < -0.4 is 5.32 Å². The van der Waals surface area contributed by atoms with Crippen molar-refractivity contribution < 1.29 is 14.3 Å². The predicted molar refractivity (Wildman–Crippen MR) is 75.8 cm³/mol. The Morgan fingerprint density at radius 1 is 1.33 bits per heavy atom. The Kier molecular flexibility index (Phi) is 5.02. The largest absolute Gasteiger partial charge is 0.384 e. The van der Waals surface area contributed by atoms with Crippen molar-refractivity contribution in [2.45, 2.75) is 6.54 Å². The maximum atomic E-state index is 13.0. The summed E-state index contributed by atoms with van der Waals surface area (Å²) >= 11 is 0. The molecule has 0 unspecified atom stereocenters. The van der Waals surface area contributed by atoms with Crippen molar-refractivity contribution in [1.29, 1.82) is 0 Å². The molecule has 2 rings (SSSR count). The van der Waals surface area contributed by atoms with E-state index in [2.05, 4.69) is 22.1 Å². The third-order valence-corrected chi connectivity index (χ3v) is 2.65. The summed E-state index contributed by atoms with van der Waals surface area (Å²) in [5, 5.41) is 11.3. The van der Waals surface area contributed by atoms with Crippen LogP contribution in [0.3, 0.4) is 0 Å². The number of rotatable bonds is 3. The number of pyridine rings is 1. The average Bonchev–Trinajstić information content (AvgIpc) is 2.51. The van der Waals surface area contributed by atoms with E-state index >= 15 is 0 Å². The van der Waals surface area contributed by atoms with Gasteiger partial charge in [-0.05, 0) is 23.8 Å². The van der Waals surface area contributed by atoms with E-state index in [4.69, 9.17) is 5.11 Å². The van der Waals surface area contributed by atoms with Crippen molar-refractivity contribution in [1.82, 2.24) is 10.3 Å². The molecule has 1 aromatic heterocycles. The Labute approximate surface area is 121 Å². The fourth-order valence-corrected chi connectivity index (χ4v) is 1.71. The molecule has 5 heteroatoms. The highest BCUT2D eigenvalue weighted by molar-refractivity contribution is 5.94. The number of carbonyl (C=O) groups is 1. The lowest BCUT2D eigenvalue weighted by Crippen LogP contribution is -2.23. The predicted octanol–water partition coefficient (Wildman–Crippen LogP) is 1.49. The number of aliphatic hydroxyl groups excluding tert-OH is 1. The van der Waals surface area contributed by atoms with E-state index in [9.17, 15) is 9.18 Å². The number of carbonyl (C=O) groups excluding carboxylic acids is 1. The lowest BCUT2D eigenvalue weighted by molar-refractivity contribution is 0.0950. The first-order valence-electron chi connectivity index (χ1n) is 6.26. The van der Waals surface area contributed by atoms with Crippen LogP contribution in [0.25, 0.3) is 0 Å². The second-order valence-electron chi connectivity index (χ2n) is 4.23. The first kappa shape index (κ1) is 14.7. The minimum atomic E-state index is -0.343. The summed E-state index contributed by atoms with van der Waals surface area (Å²) in [6.45, 7) is -0.0286. The highest BCUT2D eigenvalue weighted by Gasteiger charge is 2.06. The van der Waals surface area contributed by atoms with Crippen molar-refractivity contribution in [3.63, 3.8) is 0 Å². The van der Waals surface area contributed by atoms with Crippen LogP contribution in [0.5, 0.6) is 0 Å². The van der Waals surface area contributed by atoms with Crippen molar-refractivity contribution in [3.8, 4) is 11.8 Å². The Hall–Kier alpha value is -2.71. The molecule has 0 aliphatic carbocycles. The maximum Gasteiger partial charge on any atom is 0.253 e. The molecule has 21 heavy (non-hydrogen) atoms. The molecular formula is C16H13FN2O2. The van der Waals surface area contributed by atoms with Gasteiger partial charge in [-0.25, -0.2) is 4.39 Å². The number of benzene rings is 1. The highest BCUT2D eigenvalue weighted by atomic mass is 19.1. The molecule has 2 aromatic rings. The van der Waals surface area contributed by atoms with Gasteiger partial charge in [0.2, 0.25) is 0 Å². The number of halogens is 1. The van der Waals surface area contributed by atoms with Crippen LogP contribution in [0.1, 0.15) is 21.5 Å². The summed E-state index contributed by atoms with van der Waals surface area (Å²) in [5.41, 5.74) is 1.58. The molecule has 106 valence electrons. The maximum absolute atomic E-state index is 13.0. The molecule has 0 radical (unpaired) electrons. The standard InChI is InChI=1S/C16H13FN2O2/c17-15-5-1-3-13(8-15)10-19-16(21)14-7-12(4-2-6-20)9-18-11-14/h1,3,5,7-9,11,20H,6,10H2,(H,19,21). The van der Waals surface area contributed by atoms with Gasteiger partial charge in [0.25, 0.3) is 5.91 Å². The summed E-state index contributed by atoms with van der Waals surface area (Å²) in [4.78, 5) is 15.9. The van der Waals surface area contributed by atoms with E-state index in [1.165, 1.54) is 24.5 Å². The zero-order valence-corrected chi connectivity index (χ0v) is 11.1. The van der Waals surface area contributed by atoms with Gasteiger partial charge in [0.05, 0.1) is 5.56 Å². The topological polar surface area (TPSA) is 62.2 Å². The molecular weight excluding hydrogens is 271 g/mol. The molecule has 0 saturated heterocycles. The number of aliphatic hydroxyl groups is 1. The summed E-state index contributed by atoms with van der Waals surface area (Å²) in [6, 6.07) is 7.60. The number of nitrogens with one attached hydrogen (secondary N) is 1. The zero-order valence-electron chi connectivity index (χ0n) is 11.1. The first-order chi connectivity index (χ1) is 10.2. The Bertz CT molecular complexity index is 705. The minimum absolute atomic E-state index is 0.225. The molecule has 1 aromatic carbocycles. The third-order valence-electron chi connectivity index (χ3n) is 2.65. The van der Waals surface area contributed by atoms with Crippen LogP contribution in [0, 0.1) is 17.7 Å². The van der Waals surface area contributed by atoms with Gasteiger partial charge in [0.1, 0.15) is 12.4 Å². The van der Waals surface area contributed by atoms with Gasteiger partial charge in [0, 0.05) is 24.5 Å². The summed E-state index contributed by atoms with van der Waals surface area (Å²) in [5.74, 6) is 4.50. The fourth-order valence-electron chi connectivity index (χ4n) is 1.71. The third kappa shape index (κ3) is 4.41. The van der Waals surface area contributed by atoms with E-state index in [1.54, 1.807) is 18.2 Å². The molecule has 0 fully saturated rings. The van der Waals surface area contributed by atoms with Crippen molar-refractivity contribution in [2.75, 3.05) is 6.61 Å². The smallest absolute Gasteiger partial charge is 0.253 e. The molecule has 0 atom stereocenters. The van der Waals surface area contributed by atoms with Crippen LogP contribution in [0.2, 0.25) is 0 Å². The Morgan fingerprint density at radius 3 is 2.95 bits per heavy atom. The van der Waals surface area contributed by atoms with Gasteiger partial charge in [0.15, 0.2) is 0 Å². The number of hydrogen-bond donors (Lipinski definition) is 2. The van der Waals surface area contributed by atoms with Crippen molar-refractivity contribution in [2.24, 2.45) is 0 Å². The van der Waals surface area contributed by atoms with Crippen LogP contribution in [0.15, 0.2) is 42.7 Å². The van der Waals surface area contributed by atoms with E-state index in [1.807, 2.05) is 0 Å². The molecule has 1 amide bonds. The van der Waals surface area contributed by atoms with E-state index in [0.717, 1.165) is 0 Å². The molecule has 0 saturated carbocycles. The molecule has 0 aliphatic rings. The second-order valence-corrected chi connectivity index (χ2v) is 4.23. The van der Waals surface area contributed by atoms with Crippen molar-refractivity contribution in [3.05, 3.63) is 65.2 Å². The number of aromatic nitrogens is 1. The molecule has 0 spiro atoms. The number of nitrogens with zero attached hydrogens (tertiary/aromatic N) is 1. The van der Waals surface area contributed by atoms with Crippen LogP contribution in [-0.2, 0) is 6.54 Å². The molecule has 4 nitrogen and oxygen atoms in total. The lowest BCUT2D eigenvalue weighted by Gasteiger charge is -2.05. The molecule has 2 N–H and O–H groups in total. The number of hydrogen-bond acceptors (Lipinski definition) is 3. The molecule has 1 heterocycles. The fraction of sp³-hybridized carbons (Fsp3) is 0.125. The summed E-state index contributed by atoms with van der Waals surface area (Å²) in [6.07, 6.45) is 2.93. The van der Waals surface area contributed by atoms with E-state index < -0.39 is 0 Å². The van der Waals surface area contributed by atoms with E-state index in [-0.39, 0.29) is 24.9 Å². The molecule has 0 aliphatic heterocycles. The van der Waals surface area contributed by atoms with Crippen LogP contribution >= 0.6 is 0 Å². The van der Waals surface area contributed by atoms with Gasteiger partial charge < -0.3 is 10.4 Å².